The fraction of sp³-hybridized carbons (Fsp3) is 0.477. The minimum Gasteiger partial charge on any atom is -0.397 e. The Bertz CT molecular complexity index is 6670. The van der Waals surface area contributed by atoms with Gasteiger partial charge < -0.3 is 123 Å². The van der Waals surface area contributed by atoms with Gasteiger partial charge in [-0.1, -0.05) is 17.4 Å². The average Bonchev–Trinajstić information content (AvgIpc) is 1.62. The number of rotatable bonds is 6. The third-order valence-corrected chi connectivity index (χ3v) is 28.6. The number of nitrogen functional groups attached to an aromatic ring is 5. The number of phosphoric acid groups is 6. The highest BCUT2D eigenvalue weighted by atomic mass is 31.2. The first-order valence-corrected chi connectivity index (χ1v) is 48.5. The van der Waals surface area contributed by atoms with E-state index in [1.165, 1.54) is 57.2 Å². The van der Waals surface area contributed by atoms with Gasteiger partial charge in [-0.15, -0.1) is 5.10 Å². The fourth-order valence-electron chi connectivity index (χ4n) is 16.5. The number of imidazole rings is 4. The number of hydrogen-bond donors (Lipinski definition) is 20. The van der Waals surface area contributed by atoms with Crippen LogP contribution in [0.4, 0.5) is 29.0 Å². The van der Waals surface area contributed by atoms with E-state index in [0.29, 0.717) is 39.1 Å². The molecule has 9 aliphatic heterocycles. The number of H-pyrrole nitrogens is 3. The molecule has 0 spiro atoms. The van der Waals surface area contributed by atoms with Crippen molar-refractivity contribution in [3.05, 3.63) is 123 Å². The second-order valence-corrected chi connectivity index (χ2v) is 39.6. The lowest BCUT2D eigenvalue weighted by molar-refractivity contribution is -0.0690. The molecule has 63 nitrogen and oxygen atoms in total. The van der Waals surface area contributed by atoms with E-state index in [4.69, 9.17) is 117 Å². The summed E-state index contributed by atoms with van der Waals surface area (Å²) < 4.78 is 183. The minimum atomic E-state index is -5.11. The molecule has 26 N–H and O–H groups in total. The highest BCUT2D eigenvalue weighted by molar-refractivity contribution is 7.48. The number of ether oxygens (including phenoxy) is 6. The van der Waals surface area contributed by atoms with Crippen molar-refractivity contribution in [2.75, 3.05) is 68.3 Å². The van der Waals surface area contributed by atoms with Crippen molar-refractivity contribution in [1.82, 2.24) is 93.1 Å². The van der Waals surface area contributed by atoms with E-state index >= 15 is 0 Å². The van der Waals surface area contributed by atoms with E-state index in [9.17, 15) is 96.7 Å². The maximum Gasteiger partial charge on any atom is 0.472 e. The quantitative estimate of drug-likeness (QED) is 0.0552. The van der Waals surface area contributed by atoms with Gasteiger partial charge in [0.25, 0.3) is 16.7 Å². The highest BCUT2D eigenvalue weighted by Crippen LogP contribution is 2.59. The van der Waals surface area contributed by atoms with Gasteiger partial charge in [-0.3, -0.25) is 96.9 Å². The Morgan fingerprint density at radius 3 is 1.28 bits per heavy atom. The third-order valence-electron chi connectivity index (χ3n) is 22.7. The number of aliphatic hydroxyl groups excluding tert-OH is 5. The molecule has 9 saturated heterocycles. The van der Waals surface area contributed by atoms with Crippen LogP contribution in [0.25, 0.3) is 61.3 Å². The Balaban J connectivity index is 0.000000129. The number of hydrogen-bond acceptors (Lipinski definition) is 49. The molecule has 0 amide bonds. The maximum absolute atomic E-state index is 13.2. The normalized spacial score (nSPS) is 38.2. The summed E-state index contributed by atoms with van der Waals surface area (Å²) in [6, 6.07) is 6.55. The number of nitrogens with one attached hydrogen (secondary N) is 3. The lowest BCUT2D eigenvalue weighted by Crippen LogP contribution is -2.42. The van der Waals surface area contributed by atoms with Gasteiger partial charge in [-0.05, 0) is 30.7 Å². The van der Waals surface area contributed by atoms with Gasteiger partial charge in [0.2, 0.25) is 11.9 Å². The Morgan fingerprint density at radius 1 is 0.396 bits per heavy atom. The predicted molar refractivity (Wildman–Crippen MR) is 438 cm³/mol. The predicted octanol–water partition coefficient (Wildman–Crippen LogP) is -4.37. The summed E-state index contributed by atoms with van der Waals surface area (Å²) in [7, 11) is -30.2. The van der Waals surface area contributed by atoms with Crippen molar-refractivity contribution in [3.8, 4) is 0 Å². The molecule has 10 aliphatic rings. The monoisotopic (exact) mass is 2000 g/mol. The van der Waals surface area contributed by atoms with E-state index in [0.717, 1.165) is 21.9 Å². The van der Waals surface area contributed by atoms with Gasteiger partial charge in [-0.25, -0.2) is 67.0 Å². The van der Waals surface area contributed by atoms with Crippen molar-refractivity contribution in [1.29, 1.82) is 0 Å². The van der Waals surface area contributed by atoms with Crippen LogP contribution in [0.1, 0.15) is 42.4 Å². The Morgan fingerprint density at radius 2 is 0.784 bits per heavy atom. The maximum atomic E-state index is 13.2. The Kier molecular flexibility index (Phi) is 24.7. The molecule has 11 aromatic rings. The summed E-state index contributed by atoms with van der Waals surface area (Å²) in [5, 5.41) is 63.4. The topological polar surface area (TPSA) is 912 Å². The second-order valence-electron chi connectivity index (χ2n) is 31.1. The zero-order valence-electron chi connectivity index (χ0n) is 67.6. The number of phosphoric ester groups is 6. The molecule has 9 fully saturated rings. The summed E-state index contributed by atoms with van der Waals surface area (Å²) in [6.07, 6.45) is -24.1. The van der Waals surface area contributed by atoms with Gasteiger partial charge in [0.15, 0.2) is 64.8 Å². The molecule has 134 heavy (non-hydrogen) atoms. The molecule has 19 heterocycles. The molecule has 1 aliphatic carbocycles. The summed E-state index contributed by atoms with van der Waals surface area (Å²) in [6.45, 7) is -4.63. The van der Waals surface area contributed by atoms with Crippen LogP contribution in [0.5, 0.6) is 0 Å². The van der Waals surface area contributed by atoms with Gasteiger partial charge in [0.1, 0.15) is 126 Å². The number of pyridine rings is 2. The number of aromatic nitrogens is 19. The number of nitrogens with zero attached hydrogens (tertiary/aromatic N) is 16. The third kappa shape index (κ3) is 17.8. The largest absolute Gasteiger partial charge is 0.472 e. The standard InChI is InChI=1S/C23H26N6O13P2.C21H26N10O12P2.C21H25N9O13P2/c24-11-3-4-25-21-15(11)28-8-29(21)23-17(31)19-13(40-23)6-38-44(35,36)42-20-16(30)12(5-37-43(33,34)41-19)39-18(20)9-1-2-10-14(9)26-7-27-22(10)32;22-7-1-2-25-16-11(7)26-5-30(16)19-13(32)14-9(41-19)4-39-45(36,37)43-15-10(23)8(3-38-44(34,35)42-14)40-20(15)31-6-27-12-17(31)28-21(24)29-18(12)33;22-7-2-1-3-8-11(7)27-28-30(8)19-14(32)15-10(41-19)5-39-45(36,37)43-16-13(31)9(4-38-44(34,35)42-15)40-20(16)29-6-24-12-17(29)25-21(23)26-18(12)33/h1,3-4,7-8,12-13,16-20,23,30-31H,2,5-6H2,(H2,24,25)(H,33,34)(H,35,36)(H,26,27,32);1-2,5-6,8-10,13-15,19-20,32H,3-4,23H2,(H2,22,25)(H,34,35)(H,36,37)(H3,24,28,29,33);1-3,6,9-10,13-16,19-20,31-32H,4-5,22H2,(H,34,35)(H,36,37)(H3,23,25,26,33)/t12-,13-,16-,17-,18+,19-,20-,23-;8-,9-,10-,13-,14-,15-,19-,20-;9-,10-,13-,14-,15-,16-,19-,20-/m111/s1. The molecular weight excluding hydrogens is 1920 g/mol. The second kappa shape index (κ2) is 35.4. The van der Waals surface area contributed by atoms with Crippen LogP contribution >= 0.6 is 46.9 Å². The van der Waals surface area contributed by atoms with E-state index in [-0.39, 0.29) is 68.8 Å². The highest BCUT2D eigenvalue weighted by Gasteiger charge is 2.59. The molecule has 10 aromatic heterocycles. The summed E-state index contributed by atoms with van der Waals surface area (Å²) in [4.78, 5) is 145. The van der Waals surface area contributed by atoms with Gasteiger partial charge >= 0.3 is 46.9 Å². The lowest BCUT2D eigenvalue weighted by Gasteiger charge is -2.26. The molecule has 69 heteroatoms. The van der Waals surface area contributed by atoms with Gasteiger partial charge in [0, 0.05) is 23.5 Å². The van der Waals surface area contributed by atoms with E-state index < -0.39 is 250 Å². The van der Waals surface area contributed by atoms with Crippen molar-refractivity contribution < 1.29 is 165 Å². The SMILES string of the molecule is Nc1ccnc2c1ncn2[C@@H]1O[C@@H]2COP(=O)(O)O[C@@H]3[C@H](O)[C@@H](COP(=O)(O)O[C@H]2[C@H]1O)O[C@H]3C1=CCc2c1nc[nH]c2=O.Nc1nc2c(ncn2[C@@H]2O[C@@H]3COP(=O)(O)O[C@H]4[C@@H](O)[C@H](n5cnc6c(N)ccnc65)O[C@@H]4COP(=O)(O)O[C@@H]2[C@@H]3N)c(=O)[nH]1.Nc1nc2c(ncn2[C@@H]2O[C@@H]3COP(=O)(O)O[C@H]4[C@@H](O)[C@H](n5nnc6c(N)cccc65)O[C@@H]4COP(=O)(O)O[C@@H]2[C@@H]3O)c(=O)[nH]1. The molecule has 1 aromatic carbocycles. The molecule has 30 atom stereocenters. The molecule has 6 unspecified atom stereocenters. The first-order chi connectivity index (χ1) is 63.6. The summed E-state index contributed by atoms with van der Waals surface area (Å²) in [5.41, 5.74) is 36.6. The first-order valence-electron chi connectivity index (χ1n) is 39.5. The Labute approximate surface area is 742 Å². The number of fused-ring (bicyclic) bond motifs is 15. The van der Waals surface area contributed by atoms with E-state index in [1.807, 2.05) is 0 Å². The fourth-order valence-corrected chi connectivity index (χ4v) is 22.3. The minimum absolute atomic E-state index is 0.0694. The van der Waals surface area contributed by atoms with Crippen molar-refractivity contribution >= 4 is 137 Å². The van der Waals surface area contributed by atoms with E-state index in [1.54, 1.807) is 24.3 Å². The van der Waals surface area contributed by atoms with Crippen LogP contribution in [0.15, 0.2) is 94.8 Å². The number of benzene rings is 1. The molecule has 6 bridgehead atoms. The zero-order chi connectivity index (χ0) is 94.6. The molecule has 0 radical (unpaired) electrons. The lowest BCUT2D eigenvalue weighted by atomic mass is 10.0. The van der Waals surface area contributed by atoms with Crippen molar-refractivity contribution in [3.63, 3.8) is 0 Å². The molecular formula is C65H77N25O38P6. The molecule has 0 saturated carbocycles. The van der Waals surface area contributed by atoms with Crippen LogP contribution in [0.2, 0.25) is 0 Å². The summed E-state index contributed by atoms with van der Waals surface area (Å²) >= 11 is 0. The average molecular weight is 2000 g/mol. The zero-order valence-corrected chi connectivity index (χ0v) is 72.9. The smallest absolute Gasteiger partial charge is 0.397 e. The number of anilines is 5. The van der Waals surface area contributed by atoms with Gasteiger partial charge in [0.05, 0.1) is 106 Å². The van der Waals surface area contributed by atoms with Crippen LogP contribution in [0.3, 0.4) is 0 Å². The van der Waals surface area contributed by atoms with Crippen LogP contribution in [-0.2, 0) is 117 Å². The number of aromatic amines is 3. The summed E-state index contributed by atoms with van der Waals surface area (Å²) in [5.74, 6) is -0.532. The van der Waals surface area contributed by atoms with Crippen LogP contribution < -0.4 is 51.1 Å². The van der Waals surface area contributed by atoms with Crippen molar-refractivity contribution in [2.45, 2.75) is 153 Å². The van der Waals surface area contributed by atoms with Crippen molar-refractivity contribution in [2.24, 2.45) is 5.73 Å². The molecule has 21 rings (SSSR count). The molecule has 720 valence electrons. The number of allylic oxidation sites excluding steroid dienone is 1. The van der Waals surface area contributed by atoms with Gasteiger partial charge in [-0.2, -0.15) is 9.97 Å². The van der Waals surface area contributed by atoms with E-state index in [2.05, 4.69) is 70.1 Å². The van der Waals surface area contributed by atoms with Crippen LogP contribution in [-0.4, -0.2) is 304 Å². The first kappa shape index (κ1) is 93.4. The Hall–Kier alpha value is -9.64. The number of aliphatic hydroxyl groups is 5. The van der Waals surface area contributed by atoms with Crippen LogP contribution in [0, 0.1) is 0 Å². The number of nitrogens with two attached hydrogens (primary N) is 6.